The van der Waals surface area contributed by atoms with Crippen LogP contribution in [0.3, 0.4) is 0 Å². The number of halogens is 4. The highest BCUT2D eigenvalue weighted by Gasteiger charge is 2.39. The molecule has 0 fully saturated rings. The van der Waals surface area contributed by atoms with Crippen LogP contribution in [0.25, 0.3) is 11.0 Å². The maximum absolute atomic E-state index is 13.7. The predicted molar refractivity (Wildman–Crippen MR) is 114 cm³/mol. The lowest BCUT2D eigenvalue weighted by molar-refractivity contribution is -0.0582. The molecule has 3 rings (SSSR count). The van der Waals surface area contributed by atoms with E-state index in [0.29, 0.717) is 5.39 Å². The van der Waals surface area contributed by atoms with E-state index in [0.717, 1.165) is 24.8 Å². The summed E-state index contributed by atoms with van der Waals surface area (Å²) in [4.78, 5) is 14.4. The lowest BCUT2D eigenvalue weighted by Crippen LogP contribution is -2.30. The van der Waals surface area contributed by atoms with Gasteiger partial charge in [-0.1, -0.05) is 23.7 Å². The monoisotopic (exact) mass is 437 g/mol. The molecule has 0 unspecified atom stereocenters. The van der Waals surface area contributed by atoms with Gasteiger partial charge in [0.25, 0.3) is 0 Å². The van der Waals surface area contributed by atoms with E-state index in [-0.39, 0.29) is 16.3 Å². The molecular formula is C21H19ClF3N3O2. The summed E-state index contributed by atoms with van der Waals surface area (Å²) < 4.78 is 46.2. The summed E-state index contributed by atoms with van der Waals surface area (Å²) in [6, 6.07) is 12.4. The normalized spacial score (nSPS) is 12.3. The molecule has 0 aliphatic heterocycles. The highest BCUT2D eigenvalue weighted by Crippen LogP contribution is 2.27. The third-order valence-corrected chi connectivity index (χ3v) is 4.86. The van der Waals surface area contributed by atoms with Crippen molar-refractivity contribution < 1.29 is 17.6 Å². The average Bonchev–Trinajstić information content (AvgIpc) is 2.69. The maximum atomic E-state index is 13.7. The maximum Gasteiger partial charge on any atom is 0.435 e. The van der Waals surface area contributed by atoms with Crippen LogP contribution in [0.4, 0.5) is 24.5 Å². The smallest absolute Gasteiger partial charge is 0.422 e. The molecule has 30 heavy (non-hydrogen) atoms. The van der Waals surface area contributed by atoms with Crippen LogP contribution in [0.5, 0.6) is 0 Å². The fourth-order valence-electron chi connectivity index (χ4n) is 2.99. The molecule has 0 aliphatic carbocycles. The fraction of sp³-hybridized carbons (Fsp3) is 0.238. The van der Waals surface area contributed by atoms with Crippen molar-refractivity contribution >= 4 is 39.7 Å². The molecule has 1 N–H and O–H groups in total. The van der Waals surface area contributed by atoms with Crippen LogP contribution in [0.2, 0.25) is 5.02 Å². The highest BCUT2D eigenvalue weighted by molar-refractivity contribution is 6.33. The molecule has 5 nitrogen and oxygen atoms in total. The van der Waals surface area contributed by atoms with Gasteiger partial charge >= 0.3 is 11.8 Å². The minimum atomic E-state index is -4.89. The van der Waals surface area contributed by atoms with Crippen molar-refractivity contribution in [2.45, 2.75) is 20.0 Å². The molecule has 9 heteroatoms. The number of anilines is 2. The van der Waals surface area contributed by atoms with E-state index in [2.05, 4.69) is 10.5 Å². The second kappa shape index (κ2) is 8.79. The van der Waals surface area contributed by atoms with Crippen molar-refractivity contribution in [1.82, 2.24) is 0 Å². The van der Waals surface area contributed by atoms with E-state index >= 15 is 0 Å². The minimum absolute atomic E-state index is 0.176. The SMILES string of the molecule is CCN(CC)c1ccc2cc(/C(=N/Nc3ccccc3Cl)C(F)(F)F)c(=O)oc2c1. The first-order valence-corrected chi connectivity index (χ1v) is 9.61. The van der Waals surface area contributed by atoms with Crippen molar-refractivity contribution in [3.05, 3.63) is 69.5 Å². The quantitative estimate of drug-likeness (QED) is 0.306. The van der Waals surface area contributed by atoms with Gasteiger partial charge in [-0.2, -0.15) is 18.3 Å². The Kier molecular flexibility index (Phi) is 6.36. The number of para-hydroxylation sites is 1. The molecule has 0 bridgehead atoms. The Bertz CT molecular complexity index is 1140. The van der Waals surface area contributed by atoms with E-state index in [1.165, 1.54) is 12.1 Å². The summed E-state index contributed by atoms with van der Waals surface area (Å²) in [5.41, 5.74) is 0.258. The van der Waals surface area contributed by atoms with Crippen molar-refractivity contribution in [2.75, 3.05) is 23.4 Å². The van der Waals surface area contributed by atoms with Gasteiger partial charge in [-0.3, -0.25) is 5.43 Å². The Morgan fingerprint density at radius 3 is 2.47 bits per heavy atom. The van der Waals surface area contributed by atoms with Gasteiger partial charge in [0.2, 0.25) is 0 Å². The van der Waals surface area contributed by atoms with E-state index in [4.69, 9.17) is 16.0 Å². The predicted octanol–water partition coefficient (Wildman–Crippen LogP) is 5.67. The number of hydrogen-bond acceptors (Lipinski definition) is 5. The Morgan fingerprint density at radius 2 is 1.83 bits per heavy atom. The van der Waals surface area contributed by atoms with E-state index in [1.807, 2.05) is 18.7 Å². The molecule has 1 heterocycles. The van der Waals surface area contributed by atoms with Crippen molar-refractivity contribution in [2.24, 2.45) is 5.10 Å². The Morgan fingerprint density at radius 1 is 1.13 bits per heavy atom. The first kappa shape index (κ1) is 21.7. The Balaban J connectivity index is 2.07. The number of nitrogens with zero attached hydrogens (tertiary/aromatic N) is 2. The van der Waals surface area contributed by atoms with E-state index in [9.17, 15) is 18.0 Å². The number of alkyl halides is 3. The van der Waals surface area contributed by atoms with Gasteiger partial charge in [0.1, 0.15) is 5.58 Å². The summed E-state index contributed by atoms with van der Waals surface area (Å²) in [6.45, 7) is 5.43. The molecule has 158 valence electrons. The Labute approximate surface area is 175 Å². The summed E-state index contributed by atoms with van der Waals surface area (Å²) in [6.07, 6.45) is -4.89. The number of nitrogens with one attached hydrogen (secondary N) is 1. The standard InChI is InChI=1S/C21H19ClF3N3O2/c1-3-28(4-2)14-10-9-13-11-15(20(29)30-18(13)12-14)19(21(23,24)25)27-26-17-8-6-5-7-16(17)22/h5-12,26H,3-4H2,1-2H3/b27-19-. The highest BCUT2D eigenvalue weighted by atomic mass is 35.5. The van der Waals surface area contributed by atoms with Gasteiger partial charge in [-0.15, -0.1) is 0 Å². The molecule has 0 saturated carbocycles. The largest absolute Gasteiger partial charge is 0.435 e. The van der Waals surface area contributed by atoms with Crippen LogP contribution < -0.4 is 16.0 Å². The number of benzene rings is 2. The molecule has 0 spiro atoms. The van der Waals surface area contributed by atoms with Crippen molar-refractivity contribution in [3.8, 4) is 0 Å². The van der Waals surface area contributed by atoms with E-state index in [1.54, 1.807) is 30.3 Å². The second-order valence-electron chi connectivity index (χ2n) is 6.39. The Hall–Kier alpha value is -3.00. The molecular weight excluding hydrogens is 419 g/mol. The zero-order valence-corrected chi connectivity index (χ0v) is 17.0. The summed E-state index contributed by atoms with van der Waals surface area (Å²) >= 11 is 5.94. The molecule has 0 saturated heterocycles. The summed E-state index contributed by atoms with van der Waals surface area (Å²) in [5, 5.41) is 3.97. The van der Waals surface area contributed by atoms with Crippen LogP contribution in [0.15, 0.2) is 62.8 Å². The first-order valence-electron chi connectivity index (χ1n) is 9.23. The number of hydrazone groups is 1. The third-order valence-electron chi connectivity index (χ3n) is 4.53. The molecule has 2 aromatic carbocycles. The topological polar surface area (TPSA) is 57.8 Å². The summed E-state index contributed by atoms with van der Waals surface area (Å²) in [7, 11) is 0. The average molecular weight is 438 g/mol. The molecule has 0 radical (unpaired) electrons. The van der Waals surface area contributed by atoms with Crippen LogP contribution in [-0.2, 0) is 0 Å². The number of rotatable bonds is 6. The zero-order valence-electron chi connectivity index (χ0n) is 16.3. The minimum Gasteiger partial charge on any atom is -0.422 e. The first-order chi connectivity index (χ1) is 14.2. The van der Waals surface area contributed by atoms with Crippen LogP contribution in [-0.4, -0.2) is 25.0 Å². The van der Waals surface area contributed by atoms with Gasteiger partial charge in [-0.25, -0.2) is 4.79 Å². The molecule has 0 atom stereocenters. The number of fused-ring (bicyclic) bond motifs is 1. The lowest BCUT2D eigenvalue weighted by Gasteiger charge is -2.21. The molecule has 0 aliphatic rings. The van der Waals surface area contributed by atoms with Crippen LogP contribution in [0.1, 0.15) is 19.4 Å². The van der Waals surface area contributed by atoms with Crippen molar-refractivity contribution in [3.63, 3.8) is 0 Å². The van der Waals surface area contributed by atoms with Gasteiger partial charge in [0.05, 0.1) is 16.3 Å². The third kappa shape index (κ3) is 4.59. The van der Waals surface area contributed by atoms with Gasteiger partial charge in [0, 0.05) is 30.2 Å². The zero-order chi connectivity index (χ0) is 21.9. The molecule has 3 aromatic rings. The van der Waals surface area contributed by atoms with Crippen LogP contribution >= 0.6 is 11.6 Å². The van der Waals surface area contributed by atoms with E-state index < -0.39 is 23.1 Å². The van der Waals surface area contributed by atoms with Gasteiger partial charge in [0.15, 0.2) is 5.71 Å². The fourth-order valence-corrected chi connectivity index (χ4v) is 3.17. The van der Waals surface area contributed by atoms with Gasteiger partial charge in [-0.05, 0) is 44.2 Å². The van der Waals surface area contributed by atoms with Gasteiger partial charge < -0.3 is 9.32 Å². The number of hydrogen-bond donors (Lipinski definition) is 1. The summed E-state index contributed by atoms with van der Waals surface area (Å²) in [5.74, 6) is 0. The lowest BCUT2D eigenvalue weighted by atomic mass is 10.1. The molecule has 0 amide bonds. The molecule has 1 aromatic heterocycles. The van der Waals surface area contributed by atoms with Crippen molar-refractivity contribution in [1.29, 1.82) is 0 Å². The van der Waals surface area contributed by atoms with Crippen LogP contribution in [0, 0.1) is 0 Å². The second-order valence-corrected chi connectivity index (χ2v) is 6.80.